The van der Waals surface area contributed by atoms with Crippen molar-refractivity contribution in [3.8, 4) is 17.1 Å². The highest BCUT2D eigenvalue weighted by molar-refractivity contribution is 6.02. The molecule has 4 rings (SSSR count). The summed E-state index contributed by atoms with van der Waals surface area (Å²) in [6.07, 6.45) is 1.67. The highest BCUT2D eigenvalue weighted by Gasteiger charge is 2.24. The van der Waals surface area contributed by atoms with E-state index in [1.54, 1.807) is 24.0 Å². The first-order valence-electron chi connectivity index (χ1n) is 10.2. The molecule has 0 saturated carbocycles. The van der Waals surface area contributed by atoms with Gasteiger partial charge in [-0.15, -0.1) is 0 Å². The van der Waals surface area contributed by atoms with E-state index >= 15 is 0 Å². The lowest BCUT2D eigenvalue weighted by molar-refractivity contribution is -0.116. The van der Waals surface area contributed by atoms with E-state index in [0.717, 1.165) is 17.0 Å². The summed E-state index contributed by atoms with van der Waals surface area (Å²) in [6, 6.07) is 20.6. The Morgan fingerprint density at radius 3 is 2.38 bits per heavy atom. The molecular formula is C25H24N4O3. The fourth-order valence-electron chi connectivity index (χ4n) is 3.32. The Morgan fingerprint density at radius 2 is 1.72 bits per heavy atom. The lowest BCUT2D eigenvalue weighted by atomic mass is 10.2. The lowest BCUT2D eigenvalue weighted by Crippen LogP contribution is -2.35. The van der Waals surface area contributed by atoms with Crippen molar-refractivity contribution in [2.24, 2.45) is 0 Å². The largest absolute Gasteiger partial charge is 0.460 e. The molecule has 4 aromatic rings. The number of para-hydroxylation sites is 1. The number of furan rings is 1. The zero-order valence-electron chi connectivity index (χ0n) is 18.2. The third-order valence-electron chi connectivity index (χ3n) is 5.00. The van der Waals surface area contributed by atoms with E-state index in [1.807, 2.05) is 74.5 Å². The van der Waals surface area contributed by atoms with E-state index in [0.29, 0.717) is 22.7 Å². The maximum absolute atomic E-state index is 13.3. The average Bonchev–Trinajstić information content (AvgIpc) is 3.42. The van der Waals surface area contributed by atoms with E-state index in [9.17, 15) is 9.59 Å². The summed E-state index contributed by atoms with van der Waals surface area (Å²) in [4.78, 5) is 27.1. The van der Waals surface area contributed by atoms with Gasteiger partial charge in [-0.2, -0.15) is 5.10 Å². The third kappa shape index (κ3) is 4.62. The van der Waals surface area contributed by atoms with Crippen LogP contribution in [0.3, 0.4) is 0 Å². The molecule has 2 amide bonds. The van der Waals surface area contributed by atoms with Crippen molar-refractivity contribution in [2.75, 3.05) is 18.9 Å². The third-order valence-corrected chi connectivity index (χ3v) is 5.00. The molecule has 0 aliphatic carbocycles. The maximum Gasteiger partial charge on any atom is 0.258 e. The summed E-state index contributed by atoms with van der Waals surface area (Å²) in [5.41, 5.74) is 3.39. The average molecular weight is 428 g/mol. The fourth-order valence-corrected chi connectivity index (χ4v) is 3.32. The van der Waals surface area contributed by atoms with Crippen LogP contribution in [0, 0.1) is 13.8 Å². The van der Waals surface area contributed by atoms with Crippen LogP contribution in [0.4, 0.5) is 5.69 Å². The number of aryl methyl sites for hydroxylation is 2. The van der Waals surface area contributed by atoms with Crippen LogP contribution in [0.15, 0.2) is 77.3 Å². The predicted molar refractivity (Wildman–Crippen MR) is 123 cm³/mol. The number of carbonyl (C=O) groups excluding carboxylic acids is 2. The molecule has 162 valence electrons. The quantitative estimate of drug-likeness (QED) is 0.492. The number of hydrogen-bond donors (Lipinski definition) is 1. The lowest BCUT2D eigenvalue weighted by Gasteiger charge is -2.16. The molecule has 0 radical (unpaired) electrons. The highest BCUT2D eigenvalue weighted by Crippen LogP contribution is 2.26. The zero-order chi connectivity index (χ0) is 22.7. The number of nitrogens with zero attached hydrogens (tertiary/aromatic N) is 3. The highest BCUT2D eigenvalue weighted by atomic mass is 16.3. The van der Waals surface area contributed by atoms with Crippen molar-refractivity contribution in [2.45, 2.75) is 13.8 Å². The molecule has 2 heterocycles. The van der Waals surface area contributed by atoms with Gasteiger partial charge in [0, 0.05) is 18.9 Å². The summed E-state index contributed by atoms with van der Waals surface area (Å²) < 4.78 is 7.37. The minimum Gasteiger partial charge on any atom is -0.460 e. The first-order valence-corrected chi connectivity index (χ1v) is 10.2. The Bertz CT molecular complexity index is 1240. The van der Waals surface area contributed by atoms with Crippen LogP contribution < -0.4 is 5.32 Å². The monoisotopic (exact) mass is 428 g/mol. The molecule has 0 aliphatic heterocycles. The Morgan fingerprint density at radius 1 is 1.00 bits per heavy atom. The number of hydrogen-bond acceptors (Lipinski definition) is 4. The molecule has 32 heavy (non-hydrogen) atoms. The number of amides is 2. The van der Waals surface area contributed by atoms with E-state index < -0.39 is 0 Å². The molecule has 0 spiro atoms. The molecular weight excluding hydrogens is 404 g/mol. The van der Waals surface area contributed by atoms with Gasteiger partial charge in [-0.1, -0.05) is 35.9 Å². The first-order chi connectivity index (χ1) is 15.4. The number of aromatic nitrogens is 2. The number of nitrogens with one attached hydrogen (secondary N) is 1. The summed E-state index contributed by atoms with van der Waals surface area (Å²) in [6.45, 7) is 3.71. The van der Waals surface area contributed by atoms with Gasteiger partial charge < -0.3 is 14.6 Å². The molecule has 7 nitrogen and oxygen atoms in total. The van der Waals surface area contributed by atoms with Crippen molar-refractivity contribution in [1.82, 2.24) is 14.7 Å². The molecule has 0 atom stereocenters. The molecule has 2 aromatic heterocycles. The number of likely N-dealkylation sites (N-methyl/N-ethyl adjacent to an activating group) is 1. The topological polar surface area (TPSA) is 80.4 Å². The van der Waals surface area contributed by atoms with Crippen molar-refractivity contribution in [3.63, 3.8) is 0 Å². The number of anilines is 1. The number of benzene rings is 2. The van der Waals surface area contributed by atoms with Crippen molar-refractivity contribution < 1.29 is 14.0 Å². The minimum absolute atomic E-state index is 0.0974. The first kappa shape index (κ1) is 21.1. The summed E-state index contributed by atoms with van der Waals surface area (Å²) >= 11 is 0. The molecule has 2 aromatic carbocycles. The molecule has 0 bridgehead atoms. The summed E-state index contributed by atoms with van der Waals surface area (Å²) in [7, 11) is 1.59. The number of rotatable bonds is 6. The van der Waals surface area contributed by atoms with Crippen molar-refractivity contribution in [1.29, 1.82) is 0 Å². The van der Waals surface area contributed by atoms with Crippen LogP contribution >= 0.6 is 0 Å². The van der Waals surface area contributed by atoms with Gasteiger partial charge >= 0.3 is 0 Å². The summed E-state index contributed by atoms with van der Waals surface area (Å²) in [5, 5.41) is 7.41. The van der Waals surface area contributed by atoms with Gasteiger partial charge in [0.1, 0.15) is 11.5 Å². The maximum atomic E-state index is 13.3. The number of carbonyl (C=O) groups is 2. The Kier molecular flexibility index (Phi) is 5.89. The van der Waals surface area contributed by atoms with E-state index in [4.69, 9.17) is 4.42 Å². The van der Waals surface area contributed by atoms with Gasteiger partial charge in [0.25, 0.3) is 5.91 Å². The van der Waals surface area contributed by atoms with Gasteiger partial charge in [-0.3, -0.25) is 9.59 Å². The van der Waals surface area contributed by atoms with E-state index in [-0.39, 0.29) is 18.4 Å². The van der Waals surface area contributed by atoms with Gasteiger partial charge in [-0.25, -0.2) is 4.68 Å². The van der Waals surface area contributed by atoms with E-state index in [1.165, 1.54) is 4.90 Å². The van der Waals surface area contributed by atoms with Crippen LogP contribution in [0.2, 0.25) is 0 Å². The Labute approximate surface area is 186 Å². The SMILES string of the molecule is Cc1ccc(NC(=O)CN(C)C(=O)c2cn(-c3ccccc3)nc2-c2ccc(C)o2)cc1. The molecule has 0 unspecified atom stereocenters. The standard InChI is InChI=1S/C25H24N4O3/c1-17-9-12-19(13-10-17)26-23(30)16-28(3)25(31)21-15-29(20-7-5-4-6-8-20)27-24(21)22-14-11-18(2)32-22/h4-15H,16H2,1-3H3,(H,26,30). The van der Waals surface area contributed by atoms with Crippen LogP contribution in [0.25, 0.3) is 17.1 Å². The van der Waals surface area contributed by atoms with Crippen molar-refractivity contribution >= 4 is 17.5 Å². The smallest absolute Gasteiger partial charge is 0.258 e. The molecule has 0 saturated heterocycles. The van der Waals surface area contributed by atoms with Crippen molar-refractivity contribution in [3.05, 3.63) is 89.8 Å². The van der Waals surface area contributed by atoms with Crippen LogP contribution in [-0.2, 0) is 4.79 Å². The molecule has 0 fully saturated rings. The van der Waals surface area contributed by atoms with Crippen LogP contribution in [0.1, 0.15) is 21.7 Å². The predicted octanol–water partition coefficient (Wildman–Crippen LogP) is 4.46. The summed E-state index contributed by atoms with van der Waals surface area (Å²) in [5.74, 6) is 0.613. The van der Waals surface area contributed by atoms with E-state index in [2.05, 4.69) is 10.4 Å². The van der Waals surface area contributed by atoms with Gasteiger partial charge in [0.05, 0.1) is 17.8 Å². The van der Waals surface area contributed by atoms with Gasteiger partial charge in [0.2, 0.25) is 5.91 Å². The molecule has 0 aliphatic rings. The second-order valence-electron chi connectivity index (χ2n) is 7.66. The fraction of sp³-hybridized carbons (Fsp3) is 0.160. The Hall–Kier alpha value is -4.13. The normalized spacial score (nSPS) is 10.7. The molecule has 1 N–H and O–H groups in total. The second kappa shape index (κ2) is 8.93. The van der Waals surface area contributed by atoms with Gasteiger partial charge in [0.15, 0.2) is 5.76 Å². The zero-order valence-corrected chi connectivity index (χ0v) is 18.2. The Balaban J connectivity index is 1.58. The molecule has 7 heteroatoms. The minimum atomic E-state index is -0.324. The van der Waals surface area contributed by atoms with Gasteiger partial charge in [-0.05, 0) is 50.2 Å². The second-order valence-corrected chi connectivity index (χ2v) is 7.66. The van der Waals surface area contributed by atoms with Crippen LogP contribution in [-0.4, -0.2) is 40.1 Å². The van der Waals surface area contributed by atoms with Crippen LogP contribution in [0.5, 0.6) is 0 Å².